The van der Waals surface area contributed by atoms with Crippen LogP contribution >= 0.6 is 0 Å². The van der Waals surface area contributed by atoms with Gasteiger partial charge in [0.05, 0.1) is 6.20 Å². The number of aromatic nitrogens is 2. The topological polar surface area (TPSA) is 69.8 Å². The second-order valence-electron chi connectivity index (χ2n) is 3.83. The first-order valence-corrected chi connectivity index (χ1v) is 5.72. The van der Waals surface area contributed by atoms with Crippen LogP contribution in [0.3, 0.4) is 0 Å². The van der Waals surface area contributed by atoms with Crippen molar-refractivity contribution in [2.45, 2.75) is 39.7 Å². The number of carbonyl (C=O) groups is 1. The number of aromatic amines is 1. The molecule has 0 spiro atoms. The Morgan fingerprint density at radius 1 is 1.56 bits per heavy atom. The number of nitrogens with zero attached hydrogens (tertiary/aromatic N) is 1. The van der Waals surface area contributed by atoms with E-state index in [4.69, 9.17) is 0 Å². The minimum Gasteiger partial charge on any atom is -0.314 e. The van der Waals surface area contributed by atoms with E-state index in [0.29, 0.717) is 6.42 Å². The lowest BCUT2D eigenvalue weighted by molar-refractivity contribution is -0.116. The van der Waals surface area contributed by atoms with E-state index >= 15 is 0 Å². The second-order valence-corrected chi connectivity index (χ2v) is 3.83. The number of anilines is 1. The highest BCUT2D eigenvalue weighted by atomic mass is 16.1. The molecular formula is C11H20N4O. The molecule has 5 nitrogen and oxygen atoms in total. The molecule has 0 aliphatic heterocycles. The van der Waals surface area contributed by atoms with Crippen LogP contribution in [0.1, 0.15) is 32.8 Å². The van der Waals surface area contributed by atoms with Gasteiger partial charge in [0, 0.05) is 18.0 Å². The molecule has 1 rings (SSSR count). The van der Waals surface area contributed by atoms with E-state index < -0.39 is 0 Å². The van der Waals surface area contributed by atoms with Gasteiger partial charge in [-0.1, -0.05) is 13.8 Å². The Morgan fingerprint density at radius 2 is 2.31 bits per heavy atom. The van der Waals surface area contributed by atoms with E-state index in [1.807, 2.05) is 20.8 Å². The highest BCUT2D eigenvalue weighted by molar-refractivity contribution is 5.90. The summed E-state index contributed by atoms with van der Waals surface area (Å²) in [6, 6.07) is 0.193. The molecule has 1 unspecified atom stereocenters. The molecule has 0 saturated carbocycles. The standard InChI is InChI=1S/C11H20N4O/c1-4-9-7-13-15-11(9)14-10(16)6-8(3)12-5-2/h7-8,12H,4-6H2,1-3H3,(H2,13,14,15,16). The summed E-state index contributed by atoms with van der Waals surface area (Å²) in [6.07, 6.45) is 3.06. The lowest BCUT2D eigenvalue weighted by atomic mass is 10.2. The Labute approximate surface area is 96.0 Å². The van der Waals surface area contributed by atoms with E-state index in [2.05, 4.69) is 20.8 Å². The Bertz CT molecular complexity index is 334. The van der Waals surface area contributed by atoms with Gasteiger partial charge in [-0.3, -0.25) is 9.89 Å². The lowest BCUT2D eigenvalue weighted by Gasteiger charge is -2.11. The predicted molar refractivity (Wildman–Crippen MR) is 64.4 cm³/mol. The van der Waals surface area contributed by atoms with Gasteiger partial charge >= 0.3 is 0 Å². The van der Waals surface area contributed by atoms with Gasteiger partial charge in [0.2, 0.25) is 5.91 Å². The summed E-state index contributed by atoms with van der Waals surface area (Å²) in [5.74, 6) is 0.726. The van der Waals surface area contributed by atoms with Crippen molar-refractivity contribution in [3.05, 3.63) is 11.8 Å². The number of H-pyrrole nitrogens is 1. The Morgan fingerprint density at radius 3 is 2.94 bits per heavy atom. The summed E-state index contributed by atoms with van der Waals surface area (Å²) in [4.78, 5) is 11.7. The third kappa shape index (κ3) is 3.66. The third-order valence-electron chi connectivity index (χ3n) is 2.41. The van der Waals surface area contributed by atoms with Gasteiger partial charge in [-0.2, -0.15) is 5.10 Å². The number of nitrogens with one attached hydrogen (secondary N) is 3. The summed E-state index contributed by atoms with van der Waals surface area (Å²) >= 11 is 0. The molecule has 1 aromatic rings. The lowest BCUT2D eigenvalue weighted by Crippen LogP contribution is -2.30. The molecule has 16 heavy (non-hydrogen) atoms. The molecular weight excluding hydrogens is 204 g/mol. The van der Waals surface area contributed by atoms with Crippen LogP contribution in [0.25, 0.3) is 0 Å². The van der Waals surface area contributed by atoms with Crippen molar-refractivity contribution >= 4 is 11.7 Å². The van der Waals surface area contributed by atoms with Crippen LogP contribution in [-0.4, -0.2) is 28.7 Å². The number of hydrogen-bond acceptors (Lipinski definition) is 3. The monoisotopic (exact) mass is 224 g/mol. The summed E-state index contributed by atoms with van der Waals surface area (Å²) in [7, 11) is 0. The zero-order valence-corrected chi connectivity index (χ0v) is 10.1. The fourth-order valence-corrected chi connectivity index (χ4v) is 1.58. The van der Waals surface area contributed by atoms with Crippen molar-refractivity contribution in [1.82, 2.24) is 15.5 Å². The quantitative estimate of drug-likeness (QED) is 0.682. The van der Waals surface area contributed by atoms with Crippen LogP contribution in [0.2, 0.25) is 0 Å². The molecule has 90 valence electrons. The van der Waals surface area contributed by atoms with E-state index in [-0.39, 0.29) is 11.9 Å². The molecule has 1 atom stereocenters. The molecule has 0 aliphatic carbocycles. The van der Waals surface area contributed by atoms with Crippen LogP contribution in [0.5, 0.6) is 0 Å². The number of aryl methyl sites for hydroxylation is 1. The van der Waals surface area contributed by atoms with E-state index in [9.17, 15) is 4.79 Å². The number of carbonyl (C=O) groups excluding carboxylic acids is 1. The third-order valence-corrected chi connectivity index (χ3v) is 2.41. The van der Waals surface area contributed by atoms with Crippen LogP contribution in [0, 0.1) is 0 Å². The summed E-state index contributed by atoms with van der Waals surface area (Å²) < 4.78 is 0. The highest BCUT2D eigenvalue weighted by Gasteiger charge is 2.10. The average molecular weight is 224 g/mol. The highest BCUT2D eigenvalue weighted by Crippen LogP contribution is 2.11. The van der Waals surface area contributed by atoms with Gasteiger partial charge in [0.25, 0.3) is 0 Å². The van der Waals surface area contributed by atoms with Crippen molar-refractivity contribution in [2.75, 3.05) is 11.9 Å². The first-order chi connectivity index (χ1) is 7.67. The van der Waals surface area contributed by atoms with Crippen LogP contribution in [0.15, 0.2) is 6.20 Å². The van der Waals surface area contributed by atoms with Gasteiger partial charge in [0.1, 0.15) is 5.82 Å². The molecule has 0 bridgehead atoms. The van der Waals surface area contributed by atoms with Crippen LogP contribution < -0.4 is 10.6 Å². The molecule has 0 aromatic carbocycles. The van der Waals surface area contributed by atoms with E-state index in [0.717, 1.165) is 24.3 Å². The maximum atomic E-state index is 11.7. The van der Waals surface area contributed by atoms with E-state index in [1.54, 1.807) is 6.20 Å². The second kappa shape index (κ2) is 6.27. The number of hydrogen-bond donors (Lipinski definition) is 3. The van der Waals surface area contributed by atoms with Crippen LogP contribution in [-0.2, 0) is 11.2 Å². The van der Waals surface area contributed by atoms with Crippen molar-refractivity contribution < 1.29 is 4.79 Å². The molecule has 5 heteroatoms. The maximum absolute atomic E-state index is 11.7. The molecule has 3 N–H and O–H groups in total. The Kier molecular flexibility index (Phi) is 4.98. The Hall–Kier alpha value is -1.36. The smallest absolute Gasteiger partial charge is 0.227 e. The summed E-state index contributed by atoms with van der Waals surface area (Å²) in [6.45, 7) is 6.93. The minimum absolute atomic E-state index is 0.00685. The normalized spacial score (nSPS) is 12.4. The predicted octanol–water partition coefficient (Wildman–Crippen LogP) is 1.30. The molecule has 0 aliphatic rings. The SMILES string of the molecule is CCNC(C)CC(=O)Nc1[nH]ncc1CC. The Balaban J connectivity index is 2.45. The van der Waals surface area contributed by atoms with E-state index in [1.165, 1.54) is 0 Å². The first-order valence-electron chi connectivity index (χ1n) is 5.72. The van der Waals surface area contributed by atoms with Crippen molar-refractivity contribution in [3.8, 4) is 0 Å². The largest absolute Gasteiger partial charge is 0.314 e. The van der Waals surface area contributed by atoms with Gasteiger partial charge in [-0.15, -0.1) is 0 Å². The molecule has 1 heterocycles. The minimum atomic E-state index is 0.00685. The maximum Gasteiger partial charge on any atom is 0.227 e. The molecule has 0 radical (unpaired) electrons. The van der Waals surface area contributed by atoms with Gasteiger partial charge in [-0.25, -0.2) is 0 Å². The molecule has 1 amide bonds. The fraction of sp³-hybridized carbons (Fsp3) is 0.636. The van der Waals surface area contributed by atoms with Crippen LogP contribution in [0.4, 0.5) is 5.82 Å². The number of rotatable bonds is 6. The van der Waals surface area contributed by atoms with Crippen molar-refractivity contribution in [3.63, 3.8) is 0 Å². The molecule has 1 aromatic heterocycles. The zero-order chi connectivity index (χ0) is 12.0. The molecule has 0 saturated heterocycles. The van der Waals surface area contributed by atoms with Gasteiger partial charge < -0.3 is 10.6 Å². The van der Waals surface area contributed by atoms with Crippen molar-refractivity contribution in [2.24, 2.45) is 0 Å². The summed E-state index contributed by atoms with van der Waals surface area (Å²) in [5.41, 5.74) is 1.03. The first kappa shape index (κ1) is 12.7. The molecule has 0 fully saturated rings. The average Bonchev–Trinajstić information content (AvgIpc) is 2.65. The summed E-state index contributed by atoms with van der Waals surface area (Å²) in [5, 5.41) is 12.7. The number of amides is 1. The van der Waals surface area contributed by atoms with Crippen molar-refractivity contribution in [1.29, 1.82) is 0 Å². The van der Waals surface area contributed by atoms with Gasteiger partial charge in [0.15, 0.2) is 0 Å². The van der Waals surface area contributed by atoms with Gasteiger partial charge in [-0.05, 0) is 19.9 Å². The fourth-order valence-electron chi connectivity index (χ4n) is 1.58. The zero-order valence-electron chi connectivity index (χ0n) is 10.1.